The SMILES string of the molecule is C=C(C)C(=O)Oc1cc(-c2ccc(CCCCCCC)cc2F)c(OC(=O)C(=C)C)cc1-c1ccc(OCC(CC)(COC(=O)C(=O)OC)COC(=O)C(=O)OC)cc1. The fourth-order valence-corrected chi connectivity index (χ4v) is 5.52. The van der Waals surface area contributed by atoms with Crippen molar-refractivity contribution in [3.8, 4) is 39.5 Å². The molecule has 0 heterocycles. The maximum absolute atomic E-state index is 15.9. The van der Waals surface area contributed by atoms with Crippen LogP contribution in [0.15, 0.2) is 78.9 Å². The van der Waals surface area contributed by atoms with Crippen molar-refractivity contribution < 1.29 is 66.3 Å². The number of ether oxygens (including phenoxy) is 7. The van der Waals surface area contributed by atoms with Crippen molar-refractivity contribution in [1.29, 1.82) is 0 Å². The Morgan fingerprint density at radius 1 is 0.610 bits per heavy atom. The van der Waals surface area contributed by atoms with E-state index in [4.69, 9.17) is 23.7 Å². The van der Waals surface area contributed by atoms with Gasteiger partial charge in [0.25, 0.3) is 0 Å². The smallest absolute Gasteiger partial charge is 0.417 e. The van der Waals surface area contributed by atoms with Crippen LogP contribution >= 0.6 is 0 Å². The van der Waals surface area contributed by atoms with E-state index in [9.17, 15) is 28.8 Å². The average molecular weight is 819 g/mol. The second-order valence-corrected chi connectivity index (χ2v) is 14.0. The Labute approximate surface area is 343 Å². The van der Waals surface area contributed by atoms with Crippen molar-refractivity contribution in [3.63, 3.8) is 0 Å². The molecule has 0 aliphatic rings. The summed E-state index contributed by atoms with van der Waals surface area (Å²) in [5, 5.41) is 0. The Bertz CT molecular complexity index is 2000. The number of halogens is 1. The van der Waals surface area contributed by atoms with Crippen LogP contribution in [0, 0.1) is 11.2 Å². The molecule has 0 saturated carbocycles. The molecular formula is C45H51FO13. The molecule has 316 valence electrons. The molecule has 0 spiro atoms. The van der Waals surface area contributed by atoms with Crippen LogP contribution < -0.4 is 14.2 Å². The van der Waals surface area contributed by atoms with Crippen molar-refractivity contribution in [1.82, 2.24) is 0 Å². The lowest BCUT2D eigenvalue weighted by molar-refractivity contribution is -0.174. The first-order valence-electron chi connectivity index (χ1n) is 19.0. The van der Waals surface area contributed by atoms with Crippen molar-refractivity contribution in [3.05, 3.63) is 90.3 Å². The van der Waals surface area contributed by atoms with Gasteiger partial charge in [0.2, 0.25) is 0 Å². The molecule has 0 radical (unpaired) electrons. The van der Waals surface area contributed by atoms with Gasteiger partial charge in [0.05, 0.1) is 19.6 Å². The minimum absolute atomic E-state index is 0.0148. The minimum Gasteiger partial charge on any atom is -0.493 e. The van der Waals surface area contributed by atoms with Crippen molar-refractivity contribution in [2.24, 2.45) is 5.41 Å². The van der Waals surface area contributed by atoms with Crippen LogP contribution in [0.3, 0.4) is 0 Å². The van der Waals surface area contributed by atoms with Gasteiger partial charge in [-0.3, -0.25) is 0 Å². The van der Waals surface area contributed by atoms with Gasteiger partial charge in [-0.1, -0.05) is 77.0 Å². The fourth-order valence-electron chi connectivity index (χ4n) is 5.52. The highest BCUT2D eigenvalue weighted by atomic mass is 19.1. The number of esters is 6. The number of benzene rings is 3. The molecule has 59 heavy (non-hydrogen) atoms. The number of aryl methyl sites for hydroxylation is 1. The summed E-state index contributed by atoms with van der Waals surface area (Å²) < 4.78 is 52.5. The van der Waals surface area contributed by atoms with E-state index < -0.39 is 60.3 Å². The Kier molecular flexibility index (Phi) is 18.0. The lowest BCUT2D eigenvalue weighted by atomic mass is 9.88. The third-order valence-corrected chi connectivity index (χ3v) is 9.26. The largest absolute Gasteiger partial charge is 0.493 e. The van der Waals surface area contributed by atoms with Gasteiger partial charge in [0.1, 0.15) is 42.9 Å². The molecule has 0 aliphatic heterocycles. The van der Waals surface area contributed by atoms with E-state index in [1.807, 2.05) is 6.07 Å². The summed E-state index contributed by atoms with van der Waals surface area (Å²) in [6.45, 7) is 13.0. The maximum atomic E-state index is 15.9. The van der Waals surface area contributed by atoms with E-state index in [-0.39, 0.29) is 58.1 Å². The van der Waals surface area contributed by atoms with Gasteiger partial charge >= 0.3 is 35.8 Å². The van der Waals surface area contributed by atoms with Gasteiger partial charge in [-0.15, -0.1) is 0 Å². The zero-order valence-corrected chi connectivity index (χ0v) is 34.4. The highest BCUT2D eigenvalue weighted by Gasteiger charge is 2.36. The van der Waals surface area contributed by atoms with Crippen LogP contribution in [0.5, 0.6) is 17.2 Å². The van der Waals surface area contributed by atoms with Gasteiger partial charge in [0, 0.05) is 27.8 Å². The molecule has 0 fully saturated rings. The second kappa shape index (κ2) is 22.6. The molecule has 0 N–H and O–H groups in total. The topological polar surface area (TPSA) is 167 Å². The first-order valence-corrected chi connectivity index (χ1v) is 19.0. The lowest BCUT2D eigenvalue weighted by Gasteiger charge is -2.31. The lowest BCUT2D eigenvalue weighted by Crippen LogP contribution is -2.41. The molecule has 3 aromatic carbocycles. The van der Waals surface area contributed by atoms with Crippen LogP contribution in [-0.4, -0.2) is 69.9 Å². The number of unbranched alkanes of at least 4 members (excludes halogenated alkanes) is 4. The molecular weight excluding hydrogens is 767 g/mol. The number of carbonyl (C=O) groups excluding carboxylic acids is 6. The number of methoxy groups -OCH3 is 2. The third-order valence-electron chi connectivity index (χ3n) is 9.26. The molecule has 3 aromatic rings. The minimum atomic E-state index is -1.29. The Morgan fingerprint density at radius 3 is 1.63 bits per heavy atom. The average Bonchev–Trinajstić information content (AvgIpc) is 3.23. The van der Waals surface area contributed by atoms with Crippen molar-refractivity contribution in [2.45, 2.75) is 72.6 Å². The Hall–Kier alpha value is -6.31. The number of hydrogen-bond donors (Lipinski definition) is 0. The van der Waals surface area contributed by atoms with Gasteiger partial charge in [-0.25, -0.2) is 33.2 Å². The normalized spacial score (nSPS) is 10.8. The van der Waals surface area contributed by atoms with Crippen molar-refractivity contribution in [2.75, 3.05) is 34.0 Å². The van der Waals surface area contributed by atoms with Crippen LogP contribution in [0.4, 0.5) is 4.39 Å². The quantitative estimate of drug-likeness (QED) is 0.0270. The van der Waals surface area contributed by atoms with E-state index in [1.54, 1.807) is 37.3 Å². The molecule has 0 aromatic heterocycles. The second-order valence-electron chi connectivity index (χ2n) is 14.0. The van der Waals surface area contributed by atoms with Gasteiger partial charge in [-0.2, -0.15) is 0 Å². The molecule has 14 heteroatoms. The fraction of sp³-hybridized carbons (Fsp3) is 0.378. The number of hydrogen-bond acceptors (Lipinski definition) is 13. The van der Waals surface area contributed by atoms with Gasteiger partial charge < -0.3 is 33.2 Å². The zero-order chi connectivity index (χ0) is 43.7. The third kappa shape index (κ3) is 13.7. The Balaban J connectivity index is 2.04. The van der Waals surface area contributed by atoms with E-state index in [2.05, 4.69) is 29.6 Å². The van der Waals surface area contributed by atoms with Gasteiger partial charge in [-0.05, 0) is 74.6 Å². The predicted molar refractivity (Wildman–Crippen MR) is 215 cm³/mol. The zero-order valence-electron chi connectivity index (χ0n) is 34.4. The standard InChI is InChI=1S/C45H51FO13/c1-9-11-12-13-14-15-30-16-21-33(36(46)22-30)35-24-37(58-39(47)28(3)4)34(23-38(35)59-40(48)29(5)6)31-17-19-32(20-18-31)55-25-45(10-2,26-56-43(51)41(49)53-7)27-57-44(52)42(50)54-8/h16-24H,3,5,9-15,25-27H2,1-2,4,6-8H3. The van der Waals surface area contributed by atoms with E-state index in [1.165, 1.54) is 32.0 Å². The van der Waals surface area contributed by atoms with Crippen LogP contribution in [-0.2, 0) is 54.1 Å². The summed E-state index contributed by atoms with van der Waals surface area (Å²) in [4.78, 5) is 73.4. The van der Waals surface area contributed by atoms with Crippen LogP contribution in [0.25, 0.3) is 22.3 Å². The summed E-state index contributed by atoms with van der Waals surface area (Å²) in [6, 6.07) is 14.1. The van der Waals surface area contributed by atoms with Crippen molar-refractivity contribution >= 4 is 35.8 Å². The van der Waals surface area contributed by atoms with Crippen LogP contribution in [0.2, 0.25) is 0 Å². The van der Waals surface area contributed by atoms with Crippen LogP contribution in [0.1, 0.15) is 71.8 Å². The van der Waals surface area contributed by atoms with E-state index in [0.717, 1.165) is 51.9 Å². The molecule has 0 amide bonds. The summed E-state index contributed by atoms with van der Waals surface area (Å²) in [5.41, 5.74) is 0.781. The Morgan fingerprint density at radius 2 is 1.14 bits per heavy atom. The first kappa shape index (κ1) is 47.1. The molecule has 0 atom stereocenters. The number of rotatable bonds is 20. The summed E-state index contributed by atoms with van der Waals surface area (Å²) >= 11 is 0. The molecule has 13 nitrogen and oxygen atoms in total. The molecule has 3 rings (SSSR count). The molecule has 0 aliphatic carbocycles. The maximum Gasteiger partial charge on any atom is 0.417 e. The van der Waals surface area contributed by atoms with Gasteiger partial charge in [0.15, 0.2) is 0 Å². The molecule has 0 unspecified atom stereocenters. The number of carbonyl (C=O) groups is 6. The summed E-state index contributed by atoms with van der Waals surface area (Å²) in [5.74, 6) is -6.86. The monoisotopic (exact) mass is 818 g/mol. The molecule has 0 saturated heterocycles. The first-order chi connectivity index (χ1) is 28.1. The summed E-state index contributed by atoms with van der Waals surface area (Å²) in [7, 11) is 2.02. The predicted octanol–water partition coefficient (Wildman–Crippen LogP) is 7.84. The highest BCUT2D eigenvalue weighted by molar-refractivity contribution is 6.30. The molecule has 0 bridgehead atoms. The highest BCUT2D eigenvalue weighted by Crippen LogP contribution is 2.43. The van der Waals surface area contributed by atoms with E-state index in [0.29, 0.717) is 12.0 Å². The summed E-state index contributed by atoms with van der Waals surface area (Å²) in [6.07, 6.45) is 6.21. The van der Waals surface area contributed by atoms with E-state index >= 15 is 4.39 Å².